The number of amides is 1. The number of aromatic nitrogens is 2. The number of rotatable bonds is 5. The Bertz CT molecular complexity index is 607. The van der Waals surface area contributed by atoms with Crippen molar-refractivity contribution in [2.45, 2.75) is 46.0 Å². The zero-order valence-corrected chi connectivity index (χ0v) is 15.7. The number of carbonyl (C=O) groups is 1. The van der Waals surface area contributed by atoms with Gasteiger partial charge in [0, 0.05) is 50.4 Å². The van der Waals surface area contributed by atoms with Crippen LogP contribution in [-0.2, 0) is 4.79 Å². The van der Waals surface area contributed by atoms with Crippen LogP contribution in [0, 0.1) is 11.3 Å². The molecule has 6 heteroatoms. The van der Waals surface area contributed by atoms with Crippen LogP contribution in [0.3, 0.4) is 0 Å². The molecule has 25 heavy (non-hydrogen) atoms. The Morgan fingerprint density at radius 3 is 2.80 bits per heavy atom. The number of ether oxygens (including phenoxy) is 1. The Balaban J connectivity index is 1.74. The van der Waals surface area contributed by atoms with E-state index in [1.807, 2.05) is 0 Å². The Kier molecular flexibility index (Phi) is 5.45. The van der Waals surface area contributed by atoms with E-state index in [1.165, 1.54) is 6.42 Å². The van der Waals surface area contributed by atoms with Gasteiger partial charge in [-0.1, -0.05) is 13.8 Å². The van der Waals surface area contributed by atoms with E-state index in [2.05, 4.69) is 33.6 Å². The summed E-state index contributed by atoms with van der Waals surface area (Å²) in [6, 6.07) is 0. The standard InChI is InChI=1S/C19H30N4O2/c1-15(2)6-12-22-13-19(8-5-16(22)24)7-4-11-23(14-19)17-18(25-3)21-10-9-20-17/h9-10,15H,4-8,11-14H2,1-3H3/t19-/m0/s1. The normalized spacial score (nSPS) is 24.2. The number of hydrogen-bond donors (Lipinski definition) is 0. The van der Waals surface area contributed by atoms with E-state index in [0.717, 1.165) is 51.3 Å². The van der Waals surface area contributed by atoms with Gasteiger partial charge in [0.05, 0.1) is 7.11 Å². The maximum atomic E-state index is 12.4. The van der Waals surface area contributed by atoms with Gasteiger partial charge in [0.2, 0.25) is 5.91 Å². The third-order valence-electron chi connectivity index (χ3n) is 5.53. The third kappa shape index (κ3) is 4.05. The van der Waals surface area contributed by atoms with E-state index in [0.29, 0.717) is 24.1 Å². The zero-order valence-electron chi connectivity index (χ0n) is 15.7. The molecule has 2 saturated heterocycles. The molecule has 6 nitrogen and oxygen atoms in total. The van der Waals surface area contributed by atoms with Gasteiger partial charge in [-0.05, 0) is 31.6 Å². The van der Waals surface area contributed by atoms with Gasteiger partial charge in [0.15, 0.2) is 5.82 Å². The molecule has 138 valence electrons. The number of carbonyl (C=O) groups excluding carboxylic acids is 1. The van der Waals surface area contributed by atoms with Crippen molar-refractivity contribution < 1.29 is 9.53 Å². The minimum Gasteiger partial charge on any atom is -0.478 e. The first kappa shape index (κ1) is 18.0. The molecule has 0 N–H and O–H groups in total. The van der Waals surface area contributed by atoms with Crippen molar-refractivity contribution in [2.24, 2.45) is 11.3 Å². The maximum Gasteiger partial charge on any atom is 0.257 e. The summed E-state index contributed by atoms with van der Waals surface area (Å²) in [5.74, 6) is 2.36. The average molecular weight is 346 g/mol. The fourth-order valence-corrected chi connectivity index (χ4v) is 4.12. The molecule has 2 fully saturated rings. The van der Waals surface area contributed by atoms with E-state index < -0.39 is 0 Å². The van der Waals surface area contributed by atoms with Crippen LogP contribution < -0.4 is 9.64 Å². The summed E-state index contributed by atoms with van der Waals surface area (Å²) in [4.78, 5) is 25.5. The summed E-state index contributed by atoms with van der Waals surface area (Å²) in [6.07, 6.45) is 8.40. The molecule has 2 aliphatic rings. The first-order valence-corrected chi connectivity index (χ1v) is 9.41. The Morgan fingerprint density at radius 2 is 2.04 bits per heavy atom. The molecule has 1 amide bonds. The highest BCUT2D eigenvalue weighted by molar-refractivity contribution is 5.77. The van der Waals surface area contributed by atoms with Crippen LogP contribution in [0.2, 0.25) is 0 Å². The van der Waals surface area contributed by atoms with E-state index >= 15 is 0 Å². The topological polar surface area (TPSA) is 58.6 Å². The van der Waals surface area contributed by atoms with Crippen molar-refractivity contribution in [3.63, 3.8) is 0 Å². The van der Waals surface area contributed by atoms with Crippen LogP contribution in [0.25, 0.3) is 0 Å². The predicted octanol–water partition coefficient (Wildman–Crippen LogP) is 2.74. The van der Waals surface area contributed by atoms with Gasteiger partial charge in [-0.25, -0.2) is 9.97 Å². The van der Waals surface area contributed by atoms with Crippen LogP contribution in [0.15, 0.2) is 12.4 Å². The summed E-state index contributed by atoms with van der Waals surface area (Å²) < 4.78 is 5.40. The molecule has 0 aromatic carbocycles. The molecule has 1 aromatic heterocycles. The minimum atomic E-state index is 0.172. The second-order valence-corrected chi connectivity index (χ2v) is 7.91. The Morgan fingerprint density at radius 1 is 1.24 bits per heavy atom. The molecule has 0 saturated carbocycles. The minimum absolute atomic E-state index is 0.172. The van der Waals surface area contributed by atoms with Gasteiger partial charge in [0.1, 0.15) is 0 Å². The van der Waals surface area contributed by atoms with E-state index in [-0.39, 0.29) is 5.41 Å². The van der Waals surface area contributed by atoms with Gasteiger partial charge in [0.25, 0.3) is 5.88 Å². The van der Waals surface area contributed by atoms with Crippen molar-refractivity contribution in [1.29, 1.82) is 0 Å². The Labute approximate surface area is 150 Å². The molecule has 2 aliphatic heterocycles. The molecule has 1 atom stereocenters. The van der Waals surface area contributed by atoms with Crippen molar-refractivity contribution >= 4 is 11.7 Å². The summed E-state index contributed by atoms with van der Waals surface area (Å²) in [7, 11) is 1.64. The summed E-state index contributed by atoms with van der Waals surface area (Å²) >= 11 is 0. The molecule has 3 rings (SSSR count). The van der Waals surface area contributed by atoms with Crippen molar-refractivity contribution in [3.8, 4) is 5.88 Å². The van der Waals surface area contributed by atoms with Crippen molar-refractivity contribution in [2.75, 3.05) is 38.2 Å². The zero-order chi connectivity index (χ0) is 17.9. The van der Waals surface area contributed by atoms with Crippen molar-refractivity contribution in [1.82, 2.24) is 14.9 Å². The predicted molar refractivity (Wildman–Crippen MR) is 97.7 cm³/mol. The van der Waals surface area contributed by atoms with Crippen LogP contribution in [0.1, 0.15) is 46.0 Å². The van der Waals surface area contributed by atoms with E-state index in [1.54, 1.807) is 19.5 Å². The lowest BCUT2D eigenvalue weighted by Crippen LogP contribution is -2.54. The molecular formula is C19H30N4O2. The monoisotopic (exact) mass is 346 g/mol. The lowest BCUT2D eigenvalue weighted by atomic mass is 9.73. The molecule has 0 aliphatic carbocycles. The number of anilines is 1. The maximum absolute atomic E-state index is 12.4. The van der Waals surface area contributed by atoms with Crippen LogP contribution in [0.5, 0.6) is 5.88 Å². The van der Waals surface area contributed by atoms with Crippen LogP contribution in [0.4, 0.5) is 5.82 Å². The number of methoxy groups -OCH3 is 1. The molecule has 0 bridgehead atoms. The number of likely N-dealkylation sites (tertiary alicyclic amines) is 1. The largest absolute Gasteiger partial charge is 0.478 e. The van der Waals surface area contributed by atoms with Crippen LogP contribution >= 0.6 is 0 Å². The van der Waals surface area contributed by atoms with Gasteiger partial charge in [-0.15, -0.1) is 0 Å². The van der Waals surface area contributed by atoms with Crippen LogP contribution in [-0.4, -0.2) is 54.1 Å². The lowest BCUT2D eigenvalue weighted by molar-refractivity contribution is -0.138. The van der Waals surface area contributed by atoms with Gasteiger partial charge < -0.3 is 14.5 Å². The SMILES string of the molecule is COc1nccnc1N1CCC[C@@]2(CCC(=O)N(CCC(C)C)C2)C1. The highest BCUT2D eigenvalue weighted by Crippen LogP contribution is 2.41. The second-order valence-electron chi connectivity index (χ2n) is 7.91. The number of hydrogen-bond acceptors (Lipinski definition) is 5. The first-order chi connectivity index (χ1) is 12.0. The summed E-state index contributed by atoms with van der Waals surface area (Å²) in [5.41, 5.74) is 0.172. The third-order valence-corrected chi connectivity index (χ3v) is 5.53. The second kappa shape index (κ2) is 7.58. The highest BCUT2D eigenvalue weighted by Gasteiger charge is 2.42. The summed E-state index contributed by atoms with van der Waals surface area (Å²) in [5, 5.41) is 0. The van der Waals surface area contributed by atoms with Gasteiger partial charge in [-0.2, -0.15) is 0 Å². The molecule has 1 aromatic rings. The summed E-state index contributed by atoms with van der Waals surface area (Å²) in [6.45, 7) is 8.08. The van der Waals surface area contributed by atoms with Gasteiger partial charge in [-0.3, -0.25) is 4.79 Å². The fraction of sp³-hybridized carbons (Fsp3) is 0.737. The smallest absolute Gasteiger partial charge is 0.257 e. The number of nitrogens with zero attached hydrogens (tertiary/aromatic N) is 4. The number of piperidine rings is 2. The van der Waals surface area contributed by atoms with E-state index in [4.69, 9.17) is 4.74 Å². The fourth-order valence-electron chi connectivity index (χ4n) is 4.12. The lowest BCUT2D eigenvalue weighted by Gasteiger charge is -2.48. The quantitative estimate of drug-likeness (QED) is 0.820. The van der Waals surface area contributed by atoms with E-state index in [9.17, 15) is 4.79 Å². The molecule has 0 radical (unpaired) electrons. The highest BCUT2D eigenvalue weighted by atomic mass is 16.5. The van der Waals surface area contributed by atoms with Crippen molar-refractivity contribution in [3.05, 3.63) is 12.4 Å². The average Bonchev–Trinajstić information content (AvgIpc) is 2.63. The molecule has 0 unspecified atom stereocenters. The molecular weight excluding hydrogens is 316 g/mol. The molecule has 1 spiro atoms. The Hall–Kier alpha value is -1.85. The first-order valence-electron chi connectivity index (χ1n) is 9.41. The molecule has 3 heterocycles. The van der Waals surface area contributed by atoms with Gasteiger partial charge >= 0.3 is 0 Å².